The van der Waals surface area contributed by atoms with Crippen LogP contribution in [0.2, 0.25) is 0 Å². The molecule has 9 nitrogen and oxygen atoms in total. The van der Waals surface area contributed by atoms with E-state index in [9.17, 15) is 9.59 Å². The molecular weight excluding hydrogens is 472 g/mol. The molecule has 2 amide bonds. The molecule has 10 heteroatoms. The number of aryl methyl sites for hydroxylation is 1. The number of nitrogens with zero attached hydrogens (tertiary/aromatic N) is 1. The number of carbonyl (C=O) groups is 2. The van der Waals surface area contributed by atoms with E-state index in [-0.39, 0.29) is 23.0 Å². The van der Waals surface area contributed by atoms with Gasteiger partial charge in [0.15, 0.2) is 6.61 Å². The first-order valence-corrected chi connectivity index (χ1v) is 11.9. The summed E-state index contributed by atoms with van der Waals surface area (Å²) in [5.74, 6) is 3.51. The fourth-order valence-corrected chi connectivity index (χ4v) is 4.38. The number of methoxy groups -OCH3 is 2. The standard InChI is InChI=1S/C25H26N2O7S/c1-15-21(26-23(34-15)14-33-20-12-18(30-2)11-19(13-20)31-3)8-9-32-17-6-4-16(5-7-17)10-22-24(28)27-25(29)35-22/h4-7,11-13,22H,8-10,14H2,1-3H3,(H,27,28,29). The first-order valence-electron chi connectivity index (χ1n) is 11.0. The first kappa shape index (κ1) is 24.5. The summed E-state index contributed by atoms with van der Waals surface area (Å²) in [5, 5.41) is 1.63. The number of oxazole rings is 1. The van der Waals surface area contributed by atoms with Crippen molar-refractivity contribution in [1.29, 1.82) is 0 Å². The predicted molar refractivity (Wildman–Crippen MR) is 129 cm³/mol. The third-order valence-electron chi connectivity index (χ3n) is 5.34. The van der Waals surface area contributed by atoms with Gasteiger partial charge in [0.1, 0.15) is 28.8 Å². The van der Waals surface area contributed by atoms with Crippen LogP contribution in [0, 0.1) is 6.92 Å². The zero-order valence-corrected chi connectivity index (χ0v) is 20.5. The van der Waals surface area contributed by atoms with Gasteiger partial charge in [0, 0.05) is 24.6 Å². The van der Waals surface area contributed by atoms with Crippen LogP contribution in [0.15, 0.2) is 46.9 Å². The van der Waals surface area contributed by atoms with Crippen molar-refractivity contribution in [3.63, 3.8) is 0 Å². The molecule has 4 rings (SSSR count). The molecule has 1 unspecified atom stereocenters. The van der Waals surface area contributed by atoms with Crippen LogP contribution in [0.5, 0.6) is 23.0 Å². The molecule has 2 heterocycles. The highest BCUT2D eigenvalue weighted by molar-refractivity contribution is 8.15. The highest BCUT2D eigenvalue weighted by Gasteiger charge is 2.31. The summed E-state index contributed by atoms with van der Waals surface area (Å²) in [5.41, 5.74) is 1.77. The molecule has 35 heavy (non-hydrogen) atoms. The molecule has 0 spiro atoms. The van der Waals surface area contributed by atoms with E-state index in [1.807, 2.05) is 31.2 Å². The summed E-state index contributed by atoms with van der Waals surface area (Å²) >= 11 is 1.03. The Morgan fingerprint density at radius 1 is 0.971 bits per heavy atom. The van der Waals surface area contributed by atoms with Crippen molar-refractivity contribution in [2.75, 3.05) is 20.8 Å². The maximum absolute atomic E-state index is 11.7. The minimum absolute atomic E-state index is 0.169. The molecular formula is C25H26N2O7S. The van der Waals surface area contributed by atoms with Gasteiger partial charge >= 0.3 is 0 Å². The highest BCUT2D eigenvalue weighted by Crippen LogP contribution is 2.28. The fraction of sp³-hybridized carbons (Fsp3) is 0.320. The second kappa shape index (κ2) is 11.2. The van der Waals surface area contributed by atoms with Crippen molar-refractivity contribution in [3.05, 3.63) is 65.4 Å². The monoisotopic (exact) mass is 498 g/mol. The minimum Gasteiger partial charge on any atom is -0.496 e. The Kier molecular flexibility index (Phi) is 7.81. The normalized spacial score (nSPS) is 15.1. The molecule has 1 aliphatic rings. The van der Waals surface area contributed by atoms with Crippen molar-refractivity contribution in [2.24, 2.45) is 0 Å². The van der Waals surface area contributed by atoms with E-state index in [1.165, 1.54) is 0 Å². The van der Waals surface area contributed by atoms with Gasteiger partial charge in [-0.25, -0.2) is 4.98 Å². The Bertz CT molecular complexity index is 1170. The Labute approximate surface area is 207 Å². The summed E-state index contributed by atoms with van der Waals surface area (Å²) in [4.78, 5) is 27.5. The van der Waals surface area contributed by atoms with Crippen LogP contribution in [-0.4, -0.2) is 42.2 Å². The summed E-state index contributed by atoms with van der Waals surface area (Å²) in [6, 6.07) is 12.8. The average molecular weight is 499 g/mol. The third-order valence-corrected chi connectivity index (χ3v) is 6.32. The molecule has 0 aliphatic carbocycles. The molecule has 184 valence electrons. The molecule has 1 atom stereocenters. The molecule has 1 fully saturated rings. The number of aromatic nitrogens is 1. The van der Waals surface area contributed by atoms with Crippen LogP contribution in [0.3, 0.4) is 0 Å². The second-order valence-electron chi connectivity index (χ2n) is 7.78. The molecule has 1 aromatic heterocycles. The molecule has 3 aromatic rings. The lowest BCUT2D eigenvalue weighted by molar-refractivity contribution is -0.118. The zero-order valence-electron chi connectivity index (χ0n) is 19.7. The van der Waals surface area contributed by atoms with Crippen molar-refractivity contribution in [3.8, 4) is 23.0 Å². The van der Waals surface area contributed by atoms with Crippen molar-refractivity contribution < 1.29 is 33.0 Å². The number of ether oxygens (including phenoxy) is 4. The van der Waals surface area contributed by atoms with Crippen LogP contribution >= 0.6 is 11.8 Å². The van der Waals surface area contributed by atoms with Crippen molar-refractivity contribution in [2.45, 2.75) is 31.6 Å². The van der Waals surface area contributed by atoms with E-state index >= 15 is 0 Å². The number of nitrogens with one attached hydrogen (secondary N) is 1. The van der Waals surface area contributed by atoms with E-state index in [4.69, 9.17) is 23.4 Å². The smallest absolute Gasteiger partial charge is 0.286 e. The van der Waals surface area contributed by atoms with Crippen LogP contribution in [0.4, 0.5) is 4.79 Å². The predicted octanol–water partition coefficient (Wildman–Crippen LogP) is 4.09. The molecule has 2 aromatic carbocycles. The number of amides is 2. The van der Waals surface area contributed by atoms with Gasteiger partial charge in [-0.1, -0.05) is 23.9 Å². The number of hydrogen-bond donors (Lipinski definition) is 1. The maximum atomic E-state index is 11.7. The fourth-order valence-electron chi connectivity index (χ4n) is 3.52. The Balaban J connectivity index is 1.26. The molecule has 0 saturated carbocycles. The quantitative estimate of drug-likeness (QED) is 0.418. The van der Waals surface area contributed by atoms with Gasteiger partial charge in [-0.2, -0.15) is 0 Å². The average Bonchev–Trinajstić information content (AvgIpc) is 3.38. The van der Waals surface area contributed by atoms with E-state index < -0.39 is 0 Å². The SMILES string of the molecule is COc1cc(OC)cc(OCc2nc(CCOc3ccc(CC4SC(=O)NC4=O)cc3)c(C)o2)c1. The van der Waals surface area contributed by atoms with Crippen molar-refractivity contribution in [1.82, 2.24) is 10.3 Å². The minimum atomic E-state index is -0.381. The lowest BCUT2D eigenvalue weighted by atomic mass is 10.1. The summed E-state index contributed by atoms with van der Waals surface area (Å²) in [6.07, 6.45) is 1.07. The number of imide groups is 1. The second-order valence-corrected chi connectivity index (χ2v) is 8.95. The third kappa shape index (κ3) is 6.48. The number of carbonyl (C=O) groups excluding carboxylic acids is 2. The Morgan fingerprint density at radius 2 is 1.66 bits per heavy atom. The molecule has 0 bridgehead atoms. The molecule has 1 aliphatic heterocycles. The van der Waals surface area contributed by atoms with Gasteiger partial charge in [0.05, 0.1) is 31.8 Å². The van der Waals surface area contributed by atoms with Crippen LogP contribution in [0.25, 0.3) is 0 Å². The van der Waals surface area contributed by atoms with Gasteiger partial charge in [0.25, 0.3) is 5.24 Å². The van der Waals surface area contributed by atoms with Crippen LogP contribution < -0.4 is 24.3 Å². The van der Waals surface area contributed by atoms with E-state index in [0.717, 1.165) is 23.0 Å². The van der Waals surface area contributed by atoms with Gasteiger partial charge in [-0.15, -0.1) is 0 Å². The van der Waals surface area contributed by atoms with E-state index in [2.05, 4.69) is 10.3 Å². The van der Waals surface area contributed by atoms with Crippen LogP contribution in [-0.2, 0) is 24.2 Å². The summed E-state index contributed by atoms with van der Waals surface area (Å²) < 4.78 is 27.9. The Hall–Kier alpha value is -3.66. The number of benzene rings is 2. The molecule has 1 N–H and O–H groups in total. The molecule has 1 saturated heterocycles. The zero-order chi connectivity index (χ0) is 24.8. The largest absolute Gasteiger partial charge is 0.496 e. The van der Waals surface area contributed by atoms with Gasteiger partial charge < -0.3 is 23.4 Å². The first-order chi connectivity index (χ1) is 16.9. The highest BCUT2D eigenvalue weighted by atomic mass is 32.2. The maximum Gasteiger partial charge on any atom is 0.286 e. The van der Waals surface area contributed by atoms with E-state index in [1.54, 1.807) is 32.4 Å². The van der Waals surface area contributed by atoms with Gasteiger partial charge in [0.2, 0.25) is 11.8 Å². The number of thioether (sulfide) groups is 1. The number of hydrogen-bond acceptors (Lipinski definition) is 9. The van der Waals surface area contributed by atoms with Crippen molar-refractivity contribution >= 4 is 22.9 Å². The van der Waals surface area contributed by atoms with Crippen LogP contribution in [0.1, 0.15) is 22.9 Å². The van der Waals surface area contributed by atoms with Gasteiger partial charge in [-0.05, 0) is 31.0 Å². The van der Waals surface area contributed by atoms with Gasteiger partial charge in [-0.3, -0.25) is 14.9 Å². The lowest BCUT2D eigenvalue weighted by Crippen LogP contribution is -2.25. The summed E-state index contributed by atoms with van der Waals surface area (Å²) in [7, 11) is 3.16. The lowest BCUT2D eigenvalue weighted by Gasteiger charge is -2.09. The van der Waals surface area contributed by atoms with E-state index in [0.29, 0.717) is 54.1 Å². The summed E-state index contributed by atoms with van der Waals surface area (Å²) in [6.45, 7) is 2.45. The topological polar surface area (TPSA) is 109 Å². The Morgan fingerprint density at radius 3 is 2.29 bits per heavy atom. The number of rotatable bonds is 11. The molecule has 0 radical (unpaired) electrons.